The van der Waals surface area contributed by atoms with Gasteiger partial charge in [-0.3, -0.25) is 0 Å². The molecule has 4 rings (SSSR count). The summed E-state index contributed by atoms with van der Waals surface area (Å²) in [5.41, 5.74) is 2.27. The van der Waals surface area contributed by atoms with E-state index in [1.54, 1.807) is 0 Å². The van der Waals surface area contributed by atoms with Gasteiger partial charge in [0.25, 0.3) is 0 Å². The minimum Gasteiger partial charge on any atom is -0.508 e. The SMILES string of the molecule is CC(C)(C)c1ccc(CCCCCCCC2OC2C2OC2CCC2CO2)cc1O. The van der Waals surface area contributed by atoms with Gasteiger partial charge in [-0.25, -0.2) is 0 Å². The van der Waals surface area contributed by atoms with Gasteiger partial charge in [-0.2, -0.15) is 0 Å². The third-order valence-electron chi connectivity index (χ3n) is 6.57. The van der Waals surface area contributed by atoms with E-state index < -0.39 is 0 Å². The highest BCUT2D eigenvalue weighted by atomic mass is 16.7. The van der Waals surface area contributed by atoms with Crippen LogP contribution in [-0.4, -0.2) is 42.2 Å². The Morgan fingerprint density at radius 3 is 2.21 bits per heavy atom. The second-order valence-corrected chi connectivity index (χ2v) is 10.2. The summed E-state index contributed by atoms with van der Waals surface area (Å²) in [5, 5.41) is 10.3. The molecule has 3 aliphatic rings. The average molecular weight is 403 g/mol. The molecule has 29 heavy (non-hydrogen) atoms. The first-order valence-corrected chi connectivity index (χ1v) is 11.7. The molecular formula is C25H38O4. The summed E-state index contributed by atoms with van der Waals surface area (Å²) in [4.78, 5) is 0. The van der Waals surface area contributed by atoms with Crippen LogP contribution in [0, 0.1) is 0 Å². The molecule has 0 radical (unpaired) electrons. The highest BCUT2D eigenvalue weighted by Gasteiger charge is 2.56. The minimum absolute atomic E-state index is 0.00893. The zero-order valence-electron chi connectivity index (χ0n) is 18.4. The maximum Gasteiger partial charge on any atom is 0.119 e. The van der Waals surface area contributed by atoms with Gasteiger partial charge in [-0.15, -0.1) is 0 Å². The number of aromatic hydroxyl groups is 1. The molecule has 0 amide bonds. The molecule has 1 N–H and O–H groups in total. The topological polar surface area (TPSA) is 57.8 Å². The van der Waals surface area contributed by atoms with Crippen molar-refractivity contribution in [3.05, 3.63) is 29.3 Å². The van der Waals surface area contributed by atoms with Gasteiger partial charge < -0.3 is 19.3 Å². The molecule has 4 heteroatoms. The Labute approximate surface area is 175 Å². The number of rotatable bonds is 12. The van der Waals surface area contributed by atoms with Gasteiger partial charge in [0, 0.05) is 0 Å². The Kier molecular flexibility index (Phi) is 6.53. The van der Waals surface area contributed by atoms with E-state index in [1.807, 2.05) is 6.07 Å². The third kappa shape index (κ3) is 6.19. The number of ether oxygens (including phenoxy) is 3. The van der Waals surface area contributed by atoms with Crippen molar-refractivity contribution in [3.63, 3.8) is 0 Å². The van der Waals surface area contributed by atoms with Crippen molar-refractivity contribution < 1.29 is 19.3 Å². The fraction of sp³-hybridized carbons (Fsp3) is 0.760. The van der Waals surface area contributed by atoms with Gasteiger partial charge in [-0.1, -0.05) is 58.6 Å². The van der Waals surface area contributed by atoms with Crippen molar-refractivity contribution >= 4 is 0 Å². The lowest BCUT2D eigenvalue weighted by Gasteiger charge is -2.20. The maximum atomic E-state index is 10.3. The van der Waals surface area contributed by atoms with Crippen LogP contribution in [0.25, 0.3) is 0 Å². The number of unbranched alkanes of at least 4 members (excludes halogenated alkanes) is 4. The molecule has 0 aromatic heterocycles. The van der Waals surface area contributed by atoms with Crippen LogP contribution in [0.4, 0.5) is 0 Å². The van der Waals surface area contributed by atoms with E-state index in [2.05, 4.69) is 32.9 Å². The smallest absolute Gasteiger partial charge is 0.119 e. The van der Waals surface area contributed by atoms with Crippen LogP contribution in [-0.2, 0) is 26.0 Å². The van der Waals surface area contributed by atoms with E-state index in [4.69, 9.17) is 14.2 Å². The van der Waals surface area contributed by atoms with Gasteiger partial charge in [0.15, 0.2) is 0 Å². The second kappa shape index (κ2) is 8.95. The van der Waals surface area contributed by atoms with Crippen molar-refractivity contribution in [2.24, 2.45) is 0 Å². The van der Waals surface area contributed by atoms with Gasteiger partial charge >= 0.3 is 0 Å². The fourth-order valence-electron chi connectivity index (χ4n) is 4.51. The van der Waals surface area contributed by atoms with E-state index in [9.17, 15) is 5.11 Å². The Morgan fingerprint density at radius 2 is 1.55 bits per heavy atom. The fourth-order valence-corrected chi connectivity index (χ4v) is 4.51. The standard InChI is InChI=1S/C25H38O4/c1-25(2,3)19-13-11-17(15-20(19)26)9-7-5-4-6-8-10-21-23(28-21)24-22(29-24)14-12-18-16-27-18/h11,13,15,18,21-24,26H,4-10,12,14,16H2,1-3H3. The van der Waals surface area contributed by atoms with E-state index in [0.717, 1.165) is 31.4 Å². The number of aryl methyl sites for hydroxylation is 1. The summed E-state index contributed by atoms with van der Waals surface area (Å²) in [7, 11) is 0. The summed E-state index contributed by atoms with van der Waals surface area (Å²) in [6.07, 6.45) is 13.0. The highest BCUT2D eigenvalue weighted by molar-refractivity contribution is 5.40. The third-order valence-corrected chi connectivity index (χ3v) is 6.57. The van der Waals surface area contributed by atoms with Gasteiger partial charge in [-0.05, 0) is 54.7 Å². The molecule has 3 heterocycles. The molecule has 5 unspecified atom stereocenters. The van der Waals surface area contributed by atoms with Crippen LogP contribution >= 0.6 is 0 Å². The van der Waals surface area contributed by atoms with E-state index >= 15 is 0 Å². The monoisotopic (exact) mass is 402 g/mol. The molecule has 3 fully saturated rings. The lowest BCUT2D eigenvalue weighted by atomic mass is 9.85. The summed E-state index contributed by atoms with van der Waals surface area (Å²) in [5.74, 6) is 0.441. The normalized spacial score (nSPS) is 30.4. The minimum atomic E-state index is -0.00893. The van der Waals surface area contributed by atoms with Crippen LogP contribution in [0.5, 0.6) is 5.75 Å². The molecule has 0 aliphatic carbocycles. The second-order valence-electron chi connectivity index (χ2n) is 10.2. The number of benzene rings is 1. The first-order chi connectivity index (χ1) is 13.9. The molecule has 0 spiro atoms. The van der Waals surface area contributed by atoms with Crippen molar-refractivity contribution in [3.8, 4) is 5.75 Å². The highest BCUT2D eigenvalue weighted by Crippen LogP contribution is 2.43. The van der Waals surface area contributed by atoms with Gasteiger partial charge in [0.1, 0.15) is 18.0 Å². The average Bonchev–Trinajstić information content (AvgIpc) is 3.48. The summed E-state index contributed by atoms with van der Waals surface area (Å²) >= 11 is 0. The molecule has 3 aliphatic heterocycles. The molecule has 0 bridgehead atoms. The number of hydrogen-bond donors (Lipinski definition) is 1. The van der Waals surface area contributed by atoms with Crippen molar-refractivity contribution in [2.75, 3.05) is 6.61 Å². The van der Waals surface area contributed by atoms with Crippen LogP contribution in [0.2, 0.25) is 0 Å². The molecule has 5 atom stereocenters. The zero-order chi connectivity index (χ0) is 20.4. The predicted octanol–water partition coefficient (Wildman–Crippen LogP) is 5.29. The Hall–Kier alpha value is -1.10. The van der Waals surface area contributed by atoms with Crippen molar-refractivity contribution in [2.45, 2.75) is 114 Å². The quantitative estimate of drug-likeness (QED) is 0.381. The molecule has 4 nitrogen and oxygen atoms in total. The molecule has 1 aromatic carbocycles. The van der Waals surface area contributed by atoms with Gasteiger partial charge in [0.2, 0.25) is 0 Å². The zero-order valence-corrected chi connectivity index (χ0v) is 18.4. The first-order valence-electron chi connectivity index (χ1n) is 11.7. The van der Waals surface area contributed by atoms with E-state index in [0.29, 0.717) is 36.3 Å². The summed E-state index contributed by atoms with van der Waals surface area (Å²) in [6.45, 7) is 7.36. The Bertz CT molecular complexity index is 676. The summed E-state index contributed by atoms with van der Waals surface area (Å²) in [6, 6.07) is 6.22. The molecular weight excluding hydrogens is 364 g/mol. The predicted molar refractivity (Wildman–Crippen MR) is 115 cm³/mol. The number of hydrogen-bond acceptors (Lipinski definition) is 4. The summed E-state index contributed by atoms with van der Waals surface area (Å²) < 4.78 is 16.9. The largest absolute Gasteiger partial charge is 0.508 e. The molecule has 0 saturated carbocycles. The van der Waals surface area contributed by atoms with E-state index in [-0.39, 0.29) is 5.41 Å². The lowest BCUT2D eigenvalue weighted by Crippen LogP contribution is -2.11. The number of epoxide rings is 3. The molecule has 1 aromatic rings. The Balaban J connectivity index is 1.01. The lowest BCUT2D eigenvalue weighted by molar-refractivity contribution is 0.301. The number of phenolic OH excluding ortho intramolecular Hbond substituents is 1. The first kappa shape index (κ1) is 21.1. The number of phenols is 1. The van der Waals surface area contributed by atoms with Crippen LogP contribution in [0.3, 0.4) is 0 Å². The van der Waals surface area contributed by atoms with Gasteiger partial charge in [0.05, 0.1) is 24.9 Å². The van der Waals surface area contributed by atoms with Crippen molar-refractivity contribution in [1.82, 2.24) is 0 Å². The Morgan fingerprint density at radius 1 is 0.897 bits per heavy atom. The molecule has 162 valence electrons. The van der Waals surface area contributed by atoms with Crippen LogP contribution in [0.15, 0.2) is 18.2 Å². The van der Waals surface area contributed by atoms with E-state index in [1.165, 1.54) is 44.1 Å². The molecule has 3 saturated heterocycles. The van der Waals surface area contributed by atoms with Crippen LogP contribution in [0.1, 0.15) is 83.3 Å². The van der Waals surface area contributed by atoms with Crippen molar-refractivity contribution in [1.29, 1.82) is 0 Å². The van der Waals surface area contributed by atoms with Crippen LogP contribution < -0.4 is 0 Å². The maximum absolute atomic E-state index is 10.3.